The van der Waals surface area contributed by atoms with Gasteiger partial charge in [-0.3, -0.25) is 15.0 Å². The van der Waals surface area contributed by atoms with E-state index >= 15 is 0 Å². The summed E-state index contributed by atoms with van der Waals surface area (Å²) in [5, 5.41) is 3.86. The van der Waals surface area contributed by atoms with Crippen molar-refractivity contribution in [3.05, 3.63) is 48.4 Å². The van der Waals surface area contributed by atoms with Crippen LogP contribution in [0.25, 0.3) is 17.1 Å². The Bertz CT molecular complexity index is 873. The minimum atomic E-state index is -0.165. The summed E-state index contributed by atoms with van der Waals surface area (Å²) in [4.78, 5) is 28.6. The van der Waals surface area contributed by atoms with E-state index in [1.807, 2.05) is 24.4 Å². The van der Waals surface area contributed by atoms with Crippen molar-refractivity contribution >= 4 is 29.0 Å². The van der Waals surface area contributed by atoms with Gasteiger partial charge in [0, 0.05) is 56.1 Å². The number of rotatable bonds is 3. The highest BCUT2D eigenvalue weighted by molar-refractivity contribution is 6.14. The summed E-state index contributed by atoms with van der Waals surface area (Å²) in [6.07, 6.45) is 7.30. The number of fused-ring (bicyclic) bond motifs is 1. The van der Waals surface area contributed by atoms with Gasteiger partial charge in [-0.15, -0.1) is 6.58 Å². The zero-order valence-corrected chi connectivity index (χ0v) is 13.9. The van der Waals surface area contributed by atoms with Crippen molar-refractivity contribution < 1.29 is 4.79 Å². The van der Waals surface area contributed by atoms with Crippen LogP contribution in [0.2, 0.25) is 0 Å². The number of carbonyl (C=O) groups excluding carboxylic acids is 1. The van der Waals surface area contributed by atoms with Gasteiger partial charge in [0.2, 0.25) is 5.96 Å². The van der Waals surface area contributed by atoms with Gasteiger partial charge in [-0.2, -0.15) is 0 Å². The highest BCUT2D eigenvalue weighted by atomic mass is 16.2. The molecule has 4 rings (SSSR count). The number of aromatic amines is 1. The summed E-state index contributed by atoms with van der Waals surface area (Å²) in [5.74, 6) is 0.481. The van der Waals surface area contributed by atoms with Crippen LogP contribution in [0, 0.1) is 0 Å². The number of nitrogens with zero attached hydrogens (tertiary/aromatic N) is 4. The van der Waals surface area contributed by atoms with E-state index in [1.54, 1.807) is 12.3 Å². The molecule has 2 aromatic rings. The van der Waals surface area contributed by atoms with E-state index in [9.17, 15) is 4.79 Å². The van der Waals surface area contributed by atoms with Crippen LogP contribution in [0.4, 0.5) is 0 Å². The number of guanidine groups is 1. The van der Waals surface area contributed by atoms with Gasteiger partial charge in [-0.1, -0.05) is 6.08 Å². The van der Waals surface area contributed by atoms with Crippen molar-refractivity contribution in [1.29, 1.82) is 0 Å². The SMILES string of the molecule is C=CCN1CCN(C2=N/C(=C\c3c[nH]c4ncccc34)C(=O)N2)CC1. The molecule has 7 nitrogen and oxygen atoms in total. The highest BCUT2D eigenvalue weighted by Crippen LogP contribution is 2.20. The Morgan fingerprint density at radius 1 is 1.28 bits per heavy atom. The Hall–Kier alpha value is -2.93. The fraction of sp³-hybridized carbons (Fsp3) is 0.278. The van der Waals surface area contributed by atoms with Gasteiger partial charge in [0.05, 0.1) is 0 Å². The van der Waals surface area contributed by atoms with E-state index in [2.05, 4.69) is 36.7 Å². The maximum Gasteiger partial charge on any atom is 0.276 e. The van der Waals surface area contributed by atoms with Crippen LogP contribution in [-0.2, 0) is 4.79 Å². The molecule has 0 radical (unpaired) electrons. The minimum Gasteiger partial charge on any atom is -0.346 e. The molecular formula is C18H20N6O. The van der Waals surface area contributed by atoms with Gasteiger partial charge in [-0.05, 0) is 18.2 Å². The van der Waals surface area contributed by atoms with Crippen molar-refractivity contribution in [2.45, 2.75) is 0 Å². The smallest absolute Gasteiger partial charge is 0.276 e. The lowest BCUT2D eigenvalue weighted by Gasteiger charge is -2.34. The average Bonchev–Trinajstić information content (AvgIpc) is 3.21. The Labute approximate surface area is 145 Å². The van der Waals surface area contributed by atoms with E-state index in [4.69, 9.17) is 0 Å². The maximum atomic E-state index is 12.3. The third-order valence-electron chi connectivity index (χ3n) is 4.52. The molecule has 2 aliphatic heterocycles. The summed E-state index contributed by atoms with van der Waals surface area (Å²) < 4.78 is 0. The zero-order valence-electron chi connectivity index (χ0n) is 13.9. The molecule has 0 saturated carbocycles. The van der Waals surface area contributed by atoms with Crippen molar-refractivity contribution in [2.24, 2.45) is 4.99 Å². The number of pyridine rings is 1. The molecule has 0 bridgehead atoms. The summed E-state index contributed by atoms with van der Waals surface area (Å²) in [5.41, 5.74) is 2.14. The number of piperazine rings is 1. The predicted molar refractivity (Wildman–Crippen MR) is 97.9 cm³/mol. The lowest BCUT2D eigenvalue weighted by Crippen LogP contribution is -2.51. The monoisotopic (exact) mass is 336 g/mol. The molecule has 0 aromatic carbocycles. The van der Waals surface area contributed by atoms with Gasteiger partial charge in [0.1, 0.15) is 11.3 Å². The quantitative estimate of drug-likeness (QED) is 0.652. The lowest BCUT2D eigenvalue weighted by atomic mass is 10.2. The molecule has 7 heteroatoms. The number of nitrogens with one attached hydrogen (secondary N) is 2. The van der Waals surface area contributed by atoms with E-state index in [-0.39, 0.29) is 5.91 Å². The van der Waals surface area contributed by atoms with Crippen LogP contribution >= 0.6 is 0 Å². The van der Waals surface area contributed by atoms with Crippen LogP contribution in [0.1, 0.15) is 5.56 Å². The number of aromatic nitrogens is 2. The van der Waals surface area contributed by atoms with Gasteiger partial charge in [0.15, 0.2) is 0 Å². The molecule has 128 valence electrons. The first kappa shape index (κ1) is 15.6. The summed E-state index contributed by atoms with van der Waals surface area (Å²) in [6, 6.07) is 3.85. The Morgan fingerprint density at radius 2 is 2.12 bits per heavy atom. The van der Waals surface area contributed by atoms with Gasteiger partial charge in [0.25, 0.3) is 5.91 Å². The number of carbonyl (C=O) groups is 1. The van der Waals surface area contributed by atoms with Crippen molar-refractivity contribution in [2.75, 3.05) is 32.7 Å². The Balaban J connectivity index is 1.53. The van der Waals surface area contributed by atoms with Gasteiger partial charge in [-0.25, -0.2) is 9.98 Å². The number of amides is 1. The molecule has 1 saturated heterocycles. The second-order valence-corrected chi connectivity index (χ2v) is 6.14. The lowest BCUT2D eigenvalue weighted by molar-refractivity contribution is -0.115. The molecule has 1 amide bonds. The van der Waals surface area contributed by atoms with Crippen LogP contribution in [0.3, 0.4) is 0 Å². The molecule has 25 heavy (non-hydrogen) atoms. The summed E-state index contributed by atoms with van der Waals surface area (Å²) in [7, 11) is 0. The second-order valence-electron chi connectivity index (χ2n) is 6.14. The van der Waals surface area contributed by atoms with Crippen LogP contribution in [0.15, 0.2) is 47.9 Å². The second kappa shape index (κ2) is 6.52. The third-order valence-corrected chi connectivity index (χ3v) is 4.52. The average molecular weight is 336 g/mol. The number of hydrogen-bond donors (Lipinski definition) is 2. The predicted octanol–water partition coefficient (Wildman–Crippen LogP) is 1.19. The van der Waals surface area contributed by atoms with Crippen LogP contribution in [0.5, 0.6) is 0 Å². The molecule has 2 aliphatic rings. The molecule has 0 unspecified atom stereocenters. The van der Waals surface area contributed by atoms with E-state index in [0.717, 1.165) is 49.3 Å². The van der Waals surface area contributed by atoms with Crippen molar-refractivity contribution in [3.8, 4) is 0 Å². The van der Waals surface area contributed by atoms with Gasteiger partial charge < -0.3 is 9.88 Å². The number of hydrogen-bond acceptors (Lipinski definition) is 5. The fourth-order valence-corrected chi connectivity index (χ4v) is 3.17. The summed E-state index contributed by atoms with van der Waals surface area (Å²) >= 11 is 0. The van der Waals surface area contributed by atoms with E-state index < -0.39 is 0 Å². The number of aliphatic imine (C=N–C) groups is 1. The topological polar surface area (TPSA) is 76.6 Å². The summed E-state index contributed by atoms with van der Waals surface area (Å²) in [6.45, 7) is 8.24. The molecule has 0 aliphatic carbocycles. The van der Waals surface area contributed by atoms with Crippen molar-refractivity contribution in [1.82, 2.24) is 25.1 Å². The minimum absolute atomic E-state index is 0.165. The standard InChI is InChI=1S/C18H20N6O/c1-2-6-23-7-9-24(10-8-23)18-21-15(17(25)22-18)11-13-12-20-16-14(13)4-3-5-19-16/h2-5,11-12H,1,6-10H2,(H,19,20)(H,21,22,25)/b15-11-. The van der Waals surface area contributed by atoms with Crippen molar-refractivity contribution in [3.63, 3.8) is 0 Å². The fourth-order valence-electron chi connectivity index (χ4n) is 3.17. The molecule has 0 atom stereocenters. The first-order valence-electron chi connectivity index (χ1n) is 8.36. The zero-order chi connectivity index (χ0) is 17.2. The molecular weight excluding hydrogens is 316 g/mol. The molecule has 4 heterocycles. The van der Waals surface area contributed by atoms with Crippen LogP contribution < -0.4 is 5.32 Å². The largest absolute Gasteiger partial charge is 0.346 e. The highest BCUT2D eigenvalue weighted by Gasteiger charge is 2.27. The first-order chi connectivity index (χ1) is 12.2. The Kier molecular flexibility index (Phi) is 4.07. The maximum absolute atomic E-state index is 12.3. The van der Waals surface area contributed by atoms with E-state index in [1.165, 1.54) is 0 Å². The molecule has 1 fully saturated rings. The van der Waals surface area contributed by atoms with E-state index in [0.29, 0.717) is 11.7 Å². The van der Waals surface area contributed by atoms with Crippen LogP contribution in [-0.4, -0.2) is 64.4 Å². The Morgan fingerprint density at radius 3 is 2.92 bits per heavy atom. The normalized spacial score (nSPS) is 20.2. The molecule has 0 spiro atoms. The third kappa shape index (κ3) is 3.06. The van der Waals surface area contributed by atoms with Gasteiger partial charge >= 0.3 is 0 Å². The first-order valence-corrected chi connectivity index (χ1v) is 8.36. The molecule has 2 aromatic heterocycles. The molecule has 2 N–H and O–H groups in total. The number of H-pyrrole nitrogens is 1.